The maximum Gasteiger partial charge on any atom is 0.246 e. The van der Waals surface area contributed by atoms with Gasteiger partial charge in [-0.15, -0.1) is 10.2 Å². The van der Waals surface area contributed by atoms with Crippen LogP contribution in [0.3, 0.4) is 0 Å². The number of hydrogen-bond acceptors (Lipinski definition) is 7. The molecule has 0 fully saturated rings. The number of aliphatic hydroxyl groups excluding tert-OH is 1. The molecular formula is C25H32N4O3. The predicted molar refractivity (Wildman–Crippen MR) is 127 cm³/mol. The number of benzene rings is 2. The second-order valence-electron chi connectivity index (χ2n) is 7.80. The van der Waals surface area contributed by atoms with Crippen LogP contribution in [0.25, 0.3) is 22.5 Å². The molecule has 0 saturated heterocycles. The number of rotatable bonds is 10. The van der Waals surface area contributed by atoms with E-state index in [1.54, 1.807) is 7.11 Å². The zero-order chi connectivity index (χ0) is 23.1. The van der Waals surface area contributed by atoms with Crippen LogP contribution in [0.5, 0.6) is 11.5 Å². The number of aromatic nitrogens is 3. The lowest BCUT2D eigenvalue weighted by atomic mass is 10.0. The minimum absolute atomic E-state index is 0.109. The molecule has 0 aliphatic carbocycles. The van der Waals surface area contributed by atoms with Crippen molar-refractivity contribution < 1.29 is 14.6 Å². The summed E-state index contributed by atoms with van der Waals surface area (Å²) in [7, 11) is 1.64. The third kappa shape index (κ3) is 5.53. The second-order valence-corrected chi connectivity index (χ2v) is 7.80. The molecular weight excluding hydrogens is 404 g/mol. The highest BCUT2D eigenvalue weighted by Gasteiger charge is 2.21. The Kier molecular flexibility index (Phi) is 8.00. The molecule has 1 aromatic heterocycles. The number of hydrogen-bond donors (Lipinski definition) is 1. The minimum atomic E-state index is -0.462. The summed E-state index contributed by atoms with van der Waals surface area (Å²) in [6.45, 7) is 9.08. The van der Waals surface area contributed by atoms with E-state index in [2.05, 4.69) is 24.0 Å². The van der Waals surface area contributed by atoms with Crippen LogP contribution in [-0.2, 0) is 0 Å². The van der Waals surface area contributed by atoms with E-state index < -0.39 is 6.10 Å². The van der Waals surface area contributed by atoms with Gasteiger partial charge in [-0.2, -0.15) is 0 Å². The van der Waals surface area contributed by atoms with Gasteiger partial charge in [0.05, 0.1) is 19.8 Å². The molecule has 1 heterocycles. The highest BCUT2D eigenvalue weighted by atomic mass is 16.5. The molecule has 7 heteroatoms. The Balaban J connectivity index is 2.09. The van der Waals surface area contributed by atoms with Crippen molar-refractivity contribution in [2.75, 3.05) is 25.2 Å². The lowest BCUT2D eigenvalue weighted by Gasteiger charge is -2.28. The molecule has 1 N–H and O–H groups in total. The molecule has 3 rings (SSSR count). The Morgan fingerprint density at radius 2 is 1.47 bits per heavy atom. The molecule has 1 atom stereocenters. The number of anilines is 1. The van der Waals surface area contributed by atoms with Gasteiger partial charge in [0.15, 0.2) is 0 Å². The van der Waals surface area contributed by atoms with E-state index in [0.717, 1.165) is 28.3 Å². The fourth-order valence-electron chi connectivity index (χ4n) is 3.34. The van der Waals surface area contributed by atoms with Crippen LogP contribution in [0.4, 0.5) is 5.95 Å². The Bertz CT molecular complexity index is 991. The quantitative estimate of drug-likeness (QED) is 0.497. The van der Waals surface area contributed by atoms with Crippen LogP contribution in [0, 0.1) is 0 Å². The van der Waals surface area contributed by atoms with Crippen LogP contribution in [0.15, 0.2) is 48.5 Å². The van der Waals surface area contributed by atoms with E-state index in [-0.39, 0.29) is 6.04 Å². The molecule has 0 bridgehead atoms. The summed E-state index contributed by atoms with van der Waals surface area (Å²) in [5.41, 5.74) is 3.21. The SMILES string of the molecule is CCOc1ccc(-c2nnc(N(CC(O)CC)C(C)C)nc2-c2ccc(OC)cc2)cc1. The van der Waals surface area contributed by atoms with Gasteiger partial charge >= 0.3 is 0 Å². The van der Waals surface area contributed by atoms with Gasteiger partial charge in [0.25, 0.3) is 0 Å². The Hall–Kier alpha value is -3.19. The summed E-state index contributed by atoms with van der Waals surface area (Å²) in [4.78, 5) is 6.89. The average molecular weight is 437 g/mol. The first-order valence-corrected chi connectivity index (χ1v) is 11.0. The van der Waals surface area contributed by atoms with Crippen molar-refractivity contribution in [3.8, 4) is 34.0 Å². The van der Waals surface area contributed by atoms with Crippen LogP contribution in [0.2, 0.25) is 0 Å². The number of methoxy groups -OCH3 is 1. The molecule has 0 radical (unpaired) electrons. The number of nitrogens with zero attached hydrogens (tertiary/aromatic N) is 4. The maximum absolute atomic E-state index is 10.2. The first-order valence-electron chi connectivity index (χ1n) is 11.0. The normalized spacial score (nSPS) is 12.0. The summed E-state index contributed by atoms with van der Waals surface area (Å²) in [5, 5.41) is 19.3. The Labute approximate surface area is 190 Å². The van der Waals surface area contributed by atoms with Crippen molar-refractivity contribution in [1.82, 2.24) is 15.2 Å². The van der Waals surface area contributed by atoms with Crippen molar-refractivity contribution in [2.45, 2.75) is 46.3 Å². The summed E-state index contributed by atoms with van der Waals surface area (Å²) in [6, 6.07) is 15.6. The Morgan fingerprint density at radius 1 is 0.875 bits per heavy atom. The number of aliphatic hydroxyl groups is 1. The standard InChI is InChI=1S/C25H32N4O3/c1-6-20(30)16-29(17(3)4)25-26-23(18-8-12-21(31-5)13-9-18)24(27-28-25)19-10-14-22(15-11-19)32-7-2/h8-15,17,20,30H,6-7,16H2,1-5H3. The van der Waals surface area contributed by atoms with E-state index in [1.807, 2.05) is 67.3 Å². The fraction of sp³-hybridized carbons (Fsp3) is 0.400. The van der Waals surface area contributed by atoms with Gasteiger partial charge in [0.2, 0.25) is 5.95 Å². The zero-order valence-corrected chi connectivity index (χ0v) is 19.4. The topological polar surface area (TPSA) is 80.6 Å². The van der Waals surface area contributed by atoms with E-state index in [0.29, 0.717) is 31.2 Å². The van der Waals surface area contributed by atoms with Gasteiger partial charge in [-0.05, 0) is 75.7 Å². The second kappa shape index (κ2) is 10.9. The third-order valence-corrected chi connectivity index (χ3v) is 5.24. The van der Waals surface area contributed by atoms with Crippen LogP contribution in [0.1, 0.15) is 34.1 Å². The van der Waals surface area contributed by atoms with Gasteiger partial charge in [0, 0.05) is 23.7 Å². The summed E-state index contributed by atoms with van der Waals surface area (Å²) in [6.07, 6.45) is 0.197. The fourth-order valence-corrected chi connectivity index (χ4v) is 3.34. The highest BCUT2D eigenvalue weighted by Crippen LogP contribution is 2.32. The first kappa shape index (κ1) is 23.5. The molecule has 1 unspecified atom stereocenters. The monoisotopic (exact) mass is 436 g/mol. The molecule has 170 valence electrons. The molecule has 7 nitrogen and oxygen atoms in total. The number of ether oxygens (including phenoxy) is 2. The van der Waals surface area contributed by atoms with Gasteiger partial charge in [-0.3, -0.25) is 0 Å². The minimum Gasteiger partial charge on any atom is -0.497 e. The van der Waals surface area contributed by atoms with Crippen LogP contribution < -0.4 is 14.4 Å². The van der Waals surface area contributed by atoms with E-state index in [9.17, 15) is 5.11 Å². The van der Waals surface area contributed by atoms with Gasteiger partial charge < -0.3 is 19.5 Å². The van der Waals surface area contributed by atoms with Crippen molar-refractivity contribution in [2.24, 2.45) is 0 Å². The molecule has 0 amide bonds. The Morgan fingerprint density at radius 3 is 2.00 bits per heavy atom. The molecule has 0 saturated carbocycles. The van der Waals surface area contributed by atoms with Gasteiger partial charge in [-0.25, -0.2) is 4.98 Å². The van der Waals surface area contributed by atoms with Crippen molar-refractivity contribution in [3.63, 3.8) is 0 Å². The van der Waals surface area contributed by atoms with Gasteiger partial charge in [0.1, 0.15) is 22.9 Å². The van der Waals surface area contributed by atoms with Crippen molar-refractivity contribution in [3.05, 3.63) is 48.5 Å². The summed E-state index contributed by atoms with van der Waals surface area (Å²) < 4.78 is 10.9. The zero-order valence-electron chi connectivity index (χ0n) is 19.4. The molecule has 3 aromatic rings. The summed E-state index contributed by atoms with van der Waals surface area (Å²) in [5.74, 6) is 2.07. The predicted octanol–water partition coefficient (Wildman–Crippen LogP) is 4.60. The molecule has 0 aliphatic rings. The first-order chi connectivity index (χ1) is 15.5. The smallest absolute Gasteiger partial charge is 0.246 e. The van der Waals surface area contributed by atoms with E-state index >= 15 is 0 Å². The summed E-state index contributed by atoms with van der Waals surface area (Å²) >= 11 is 0. The van der Waals surface area contributed by atoms with Crippen molar-refractivity contribution in [1.29, 1.82) is 0 Å². The molecule has 0 spiro atoms. The van der Waals surface area contributed by atoms with Gasteiger partial charge in [-0.1, -0.05) is 6.92 Å². The lowest BCUT2D eigenvalue weighted by Crippen LogP contribution is -2.39. The maximum atomic E-state index is 10.2. The third-order valence-electron chi connectivity index (χ3n) is 5.24. The molecule has 32 heavy (non-hydrogen) atoms. The highest BCUT2D eigenvalue weighted by molar-refractivity contribution is 5.78. The van der Waals surface area contributed by atoms with Crippen LogP contribution in [-0.4, -0.2) is 52.7 Å². The largest absolute Gasteiger partial charge is 0.497 e. The average Bonchev–Trinajstić information content (AvgIpc) is 2.82. The van der Waals surface area contributed by atoms with Crippen molar-refractivity contribution >= 4 is 5.95 Å². The lowest BCUT2D eigenvalue weighted by molar-refractivity contribution is 0.173. The molecule has 2 aromatic carbocycles. The van der Waals surface area contributed by atoms with Crippen LogP contribution >= 0.6 is 0 Å². The van der Waals surface area contributed by atoms with E-state index in [4.69, 9.17) is 14.5 Å². The molecule has 0 aliphatic heterocycles. The van der Waals surface area contributed by atoms with E-state index in [1.165, 1.54) is 0 Å².